The van der Waals surface area contributed by atoms with E-state index in [2.05, 4.69) is 15.6 Å². The van der Waals surface area contributed by atoms with Crippen molar-refractivity contribution in [2.75, 3.05) is 24.9 Å². The van der Waals surface area contributed by atoms with E-state index in [1.807, 2.05) is 75.4 Å². The molecule has 7 nitrogen and oxygen atoms in total. The highest BCUT2D eigenvalue weighted by atomic mass is 16.5. The number of nitrogens with zero attached hydrogens (tertiary/aromatic N) is 1. The second kappa shape index (κ2) is 9.70. The average Bonchev–Trinajstić information content (AvgIpc) is 2.83. The molecule has 0 spiro atoms. The summed E-state index contributed by atoms with van der Waals surface area (Å²) in [6.45, 7) is 5.81. The molecule has 3 aromatic carbocycles. The van der Waals surface area contributed by atoms with Crippen LogP contribution in [0.4, 0.5) is 16.2 Å². The van der Waals surface area contributed by atoms with Gasteiger partial charge in [-0.1, -0.05) is 18.2 Å². The molecular formula is C27H27N3O4. The number of anilines is 2. The van der Waals surface area contributed by atoms with Gasteiger partial charge in [-0.15, -0.1) is 0 Å². The normalized spacial score (nSPS) is 10.6. The highest BCUT2D eigenvalue weighted by molar-refractivity contribution is 6.00. The first-order valence-electron chi connectivity index (χ1n) is 10.8. The predicted octanol–water partition coefficient (Wildman–Crippen LogP) is 6.61. The highest BCUT2D eigenvalue weighted by Gasteiger charge is 2.14. The number of rotatable bonds is 6. The molecule has 0 radical (unpaired) electrons. The Morgan fingerprint density at radius 3 is 2.18 bits per heavy atom. The molecule has 0 saturated carbocycles. The third-order valence-electron chi connectivity index (χ3n) is 5.59. The molecule has 0 aliphatic heterocycles. The minimum atomic E-state index is -0.299. The number of urea groups is 1. The quantitative estimate of drug-likeness (QED) is 0.340. The van der Waals surface area contributed by atoms with Gasteiger partial charge in [-0.2, -0.15) is 0 Å². The van der Waals surface area contributed by atoms with E-state index < -0.39 is 0 Å². The van der Waals surface area contributed by atoms with E-state index >= 15 is 0 Å². The van der Waals surface area contributed by atoms with Crippen molar-refractivity contribution in [2.45, 2.75) is 20.8 Å². The zero-order valence-corrected chi connectivity index (χ0v) is 19.9. The second-order valence-corrected chi connectivity index (χ2v) is 7.96. The number of carbonyl (C=O) groups excluding carboxylic acids is 1. The zero-order valence-electron chi connectivity index (χ0n) is 19.9. The lowest BCUT2D eigenvalue weighted by atomic mass is 10.1. The van der Waals surface area contributed by atoms with Gasteiger partial charge in [0.25, 0.3) is 0 Å². The standard InChI is InChI=1S/C27H27N3O4/c1-16-8-6-7-9-20(16)29-27(31)30-21-12-18(3)24(13-17(21)2)34-23-10-11-28-22-15-26(33-5)25(32-4)14-19(22)23/h6-15H,1-5H3,(H2,29,30,31). The van der Waals surface area contributed by atoms with Crippen molar-refractivity contribution < 1.29 is 19.0 Å². The molecule has 0 atom stereocenters. The first-order valence-corrected chi connectivity index (χ1v) is 10.8. The molecule has 0 saturated heterocycles. The number of nitrogens with one attached hydrogen (secondary N) is 2. The van der Waals surface area contributed by atoms with E-state index in [4.69, 9.17) is 14.2 Å². The number of ether oxygens (including phenoxy) is 3. The van der Waals surface area contributed by atoms with E-state index in [0.717, 1.165) is 33.3 Å². The fraction of sp³-hybridized carbons (Fsp3) is 0.185. The first kappa shape index (κ1) is 22.9. The van der Waals surface area contributed by atoms with E-state index in [-0.39, 0.29) is 6.03 Å². The van der Waals surface area contributed by atoms with Gasteiger partial charge in [0.2, 0.25) is 0 Å². The fourth-order valence-corrected chi connectivity index (χ4v) is 3.68. The van der Waals surface area contributed by atoms with Crippen LogP contribution in [0.1, 0.15) is 16.7 Å². The molecule has 4 rings (SSSR count). The van der Waals surface area contributed by atoms with Crippen LogP contribution in [0.25, 0.3) is 10.9 Å². The maximum absolute atomic E-state index is 12.6. The van der Waals surface area contributed by atoms with Crippen molar-refractivity contribution in [1.82, 2.24) is 4.98 Å². The van der Waals surface area contributed by atoms with Crippen LogP contribution < -0.4 is 24.8 Å². The Morgan fingerprint density at radius 2 is 1.44 bits per heavy atom. The number of hydrogen-bond donors (Lipinski definition) is 2. The summed E-state index contributed by atoms with van der Waals surface area (Å²) in [7, 11) is 3.18. The van der Waals surface area contributed by atoms with Gasteiger partial charge in [-0.25, -0.2) is 4.79 Å². The Bertz CT molecular complexity index is 1370. The molecule has 0 fully saturated rings. The summed E-state index contributed by atoms with van der Waals surface area (Å²) in [5, 5.41) is 6.62. The Morgan fingerprint density at radius 1 is 0.735 bits per heavy atom. The van der Waals surface area contributed by atoms with Gasteiger partial charge in [0.1, 0.15) is 11.5 Å². The van der Waals surface area contributed by atoms with Crippen molar-refractivity contribution in [3.05, 3.63) is 77.5 Å². The second-order valence-electron chi connectivity index (χ2n) is 7.96. The van der Waals surface area contributed by atoms with Gasteiger partial charge in [0.15, 0.2) is 11.5 Å². The van der Waals surface area contributed by atoms with Gasteiger partial charge >= 0.3 is 6.03 Å². The fourth-order valence-electron chi connectivity index (χ4n) is 3.68. The predicted molar refractivity (Wildman–Crippen MR) is 135 cm³/mol. The van der Waals surface area contributed by atoms with E-state index in [0.29, 0.717) is 28.7 Å². The molecule has 1 aromatic heterocycles. The summed E-state index contributed by atoms with van der Waals surface area (Å²) in [6.07, 6.45) is 1.69. The van der Waals surface area contributed by atoms with Gasteiger partial charge in [0, 0.05) is 29.0 Å². The van der Waals surface area contributed by atoms with E-state index in [1.165, 1.54) is 0 Å². The average molecular weight is 458 g/mol. The van der Waals surface area contributed by atoms with Crippen LogP contribution in [0.3, 0.4) is 0 Å². The van der Waals surface area contributed by atoms with Crippen LogP contribution in [-0.2, 0) is 0 Å². The zero-order chi connectivity index (χ0) is 24.2. The topological polar surface area (TPSA) is 81.7 Å². The molecule has 1 heterocycles. The monoisotopic (exact) mass is 457 g/mol. The van der Waals surface area contributed by atoms with Crippen molar-refractivity contribution in [3.63, 3.8) is 0 Å². The smallest absolute Gasteiger partial charge is 0.323 e. The maximum atomic E-state index is 12.6. The number of aryl methyl sites for hydroxylation is 3. The lowest BCUT2D eigenvalue weighted by Crippen LogP contribution is -2.20. The molecule has 7 heteroatoms. The summed E-state index contributed by atoms with van der Waals surface area (Å²) in [5.74, 6) is 2.53. The Hall–Kier alpha value is -4.26. The Balaban J connectivity index is 1.58. The number of hydrogen-bond acceptors (Lipinski definition) is 5. The molecule has 0 bridgehead atoms. The molecule has 34 heavy (non-hydrogen) atoms. The minimum absolute atomic E-state index is 0.299. The molecule has 0 aliphatic carbocycles. The van der Waals surface area contributed by atoms with Crippen LogP contribution in [-0.4, -0.2) is 25.2 Å². The molecule has 2 N–H and O–H groups in total. The van der Waals surface area contributed by atoms with Crippen LogP contribution in [0.15, 0.2) is 60.8 Å². The van der Waals surface area contributed by atoms with Crippen LogP contribution in [0.2, 0.25) is 0 Å². The number of para-hydroxylation sites is 1. The highest BCUT2D eigenvalue weighted by Crippen LogP contribution is 2.38. The van der Waals surface area contributed by atoms with Crippen LogP contribution in [0.5, 0.6) is 23.0 Å². The third kappa shape index (κ3) is 4.73. The van der Waals surface area contributed by atoms with Gasteiger partial charge in [-0.3, -0.25) is 4.98 Å². The van der Waals surface area contributed by atoms with E-state index in [9.17, 15) is 4.79 Å². The Labute approximate surface area is 198 Å². The molecule has 0 unspecified atom stereocenters. The van der Waals surface area contributed by atoms with Crippen molar-refractivity contribution in [2.24, 2.45) is 0 Å². The maximum Gasteiger partial charge on any atom is 0.323 e. The molecule has 4 aromatic rings. The number of amides is 2. The summed E-state index contributed by atoms with van der Waals surface area (Å²) in [6, 6.07) is 16.6. The lowest BCUT2D eigenvalue weighted by Gasteiger charge is -2.16. The number of fused-ring (bicyclic) bond motifs is 1. The van der Waals surface area contributed by atoms with Crippen molar-refractivity contribution in [3.8, 4) is 23.0 Å². The molecule has 0 aliphatic rings. The summed E-state index contributed by atoms with van der Waals surface area (Å²) in [4.78, 5) is 17.0. The number of aromatic nitrogens is 1. The summed E-state index contributed by atoms with van der Waals surface area (Å²) >= 11 is 0. The SMILES string of the molecule is COc1cc2nccc(Oc3cc(C)c(NC(=O)Nc4ccccc4C)cc3C)c2cc1OC. The molecule has 174 valence electrons. The first-order chi connectivity index (χ1) is 16.4. The van der Waals surface area contributed by atoms with Crippen LogP contribution >= 0.6 is 0 Å². The largest absolute Gasteiger partial charge is 0.493 e. The van der Waals surface area contributed by atoms with Crippen molar-refractivity contribution in [1.29, 1.82) is 0 Å². The van der Waals surface area contributed by atoms with Gasteiger partial charge < -0.3 is 24.8 Å². The number of benzene rings is 3. The van der Waals surface area contributed by atoms with Gasteiger partial charge in [-0.05, 0) is 67.8 Å². The number of methoxy groups -OCH3 is 2. The minimum Gasteiger partial charge on any atom is -0.493 e. The lowest BCUT2D eigenvalue weighted by molar-refractivity contribution is 0.262. The molecular weight excluding hydrogens is 430 g/mol. The third-order valence-corrected chi connectivity index (χ3v) is 5.59. The summed E-state index contributed by atoms with van der Waals surface area (Å²) in [5.41, 5.74) is 4.96. The van der Waals surface area contributed by atoms with Gasteiger partial charge in [0.05, 0.1) is 19.7 Å². The van der Waals surface area contributed by atoms with E-state index in [1.54, 1.807) is 20.4 Å². The van der Waals surface area contributed by atoms with Crippen molar-refractivity contribution >= 4 is 28.3 Å². The number of carbonyl (C=O) groups is 1. The Kier molecular flexibility index (Phi) is 6.54. The summed E-state index contributed by atoms with van der Waals surface area (Å²) < 4.78 is 17.1. The molecule has 2 amide bonds. The van der Waals surface area contributed by atoms with Crippen LogP contribution in [0, 0.1) is 20.8 Å². The number of pyridine rings is 1.